The molecule has 0 fully saturated rings. The zero-order valence-electron chi connectivity index (χ0n) is 15.8. The molecule has 3 nitrogen and oxygen atoms in total. The van der Waals surface area contributed by atoms with Gasteiger partial charge in [0.1, 0.15) is 11.6 Å². The molecule has 0 bridgehead atoms. The van der Waals surface area contributed by atoms with Crippen LogP contribution in [0.1, 0.15) is 40.3 Å². The van der Waals surface area contributed by atoms with Crippen molar-refractivity contribution in [1.82, 2.24) is 4.98 Å². The van der Waals surface area contributed by atoms with Crippen molar-refractivity contribution in [1.29, 1.82) is 0 Å². The number of hydrogen-bond donors (Lipinski definition) is 1. The van der Waals surface area contributed by atoms with E-state index >= 15 is 0 Å². The molecule has 0 spiro atoms. The fourth-order valence-electron chi connectivity index (χ4n) is 3.23. The maximum Gasteiger partial charge on any atom is 0.416 e. The van der Waals surface area contributed by atoms with Crippen molar-refractivity contribution in [2.75, 3.05) is 0 Å². The van der Waals surface area contributed by atoms with Crippen molar-refractivity contribution >= 4 is 5.71 Å². The highest BCUT2D eigenvalue weighted by molar-refractivity contribution is 6.00. The van der Waals surface area contributed by atoms with Crippen LogP contribution in [0.25, 0.3) is 0 Å². The number of benzene rings is 2. The van der Waals surface area contributed by atoms with Crippen molar-refractivity contribution in [3.05, 3.63) is 100 Å². The van der Waals surface area contributed by atoms with E-state index in [4.69, 9.17) is 0 Å². The van der Waals surface area contributed by atoms with Crippen LogP contribution in [0.2, 0.25) is 0 Å². The molecule has 0 aliphatic carbocycles. The Kier molecular flexibility index (Phi) is 6.14. The zero-order valence-corrected chi connectivity index (χ0v) is 15.8. The number of aromatic nitrogens is 1. The second-order valence-electron chi connectivity index (χ2n) is 6.77. The van der Waals surface area contributed by atoms with Crippen molar-refractivity contribution < 1.29 is 27.2 Å². The number of aryl methyl sites for hydroxylation is 1. The lowest BCUT2D eigenvalue weighted by Gasteiger charge is -2.20. The molecule has 1 unspecified atom stereocenters. The molecule has 8 heteroatoms. The van der Waals surface area contributed by atoms with Crippen LogP contribution in [0.4, 0.5) is 22.0 Å². The van der Waals surface area contributed by atoms with Gasteiger partial charge in [-0.25, -0.2) is 8.78 Å². The van der Waals surface area contributed by atoms with Gasteiger partial charge in [-0.15, -0.1) is 0 Å². The van der Waals surface area contributed by atoms with E-state index in [1.807, 2.05) is 0 Å². The van der Waals surface area contributed by atoms with Crippen LogP contribution in [0.3, 0.4) is 0 Å². The number of pyridine rings is 1. The van der Waals surface area contributed by atoms with E-state index in [-0.39, 0.29) is 17.7 Å². The van der Waals surface area contributed by atoms with Crippen molar-refractivity contribution in [2.45, 2.75) is 25.4 Å². The van der Waals surface area contributed by atoms with Crippen LogP contribution < -0.4 is 0 Å². The van der Waals surface area contributed by atoms with Crippen molar-refractivity contribution in [3.63, 3.8) is 0 Å². The predicted octanol–water partition coefficient (Wildman–Crippen LogP) is 6.09. The molecule has 1 aromatic heterocycles. The summed E-state index contributed by atoms with van der Waals surface area (Å²) in [7, 11) is 0. The van der Waals surface area contributed by atoms with E-state index in [0.717, 1.165) is 18.2 Å². The normalized spacial score (nSPS) is 13.3. The first-order valence-electron chi connectivity index (χ1n) is 8.95. The quantitative estimate of drug-likeness (QED) is 0.235. The summed E-state index contributed by atoms with van der Waals surface area (Å²) in [5.41, 5.74) is 0.972. The molecular weight excluding hydrogens is 403 g/mol. The molecule has 1 atom stereocenters. The predicted molar refractivity (Wildman–Crippen MR) is 102 cm³/mol. The van der Waals surface area contributed by atoms with Gasteiger partial charge >= 0.3 is 6.18 Å². The first kappa shape index (κ1) is 21.4. The fraction of sp³-hybridized carbons (Fsp3) is 0.182. The van der Waals surface area contributed by atoms with Gasteiger partial charge < -0.3 is 5.21 Å². The second kappa shape index (κ2) is 8.61. The highest BCUT2D eigenvalue weighted by atomic mass is 19.4. The summed E-state index contributed by atoms with van der Waals surface area (Å²) in [6.07, 6.45) is -3.03. The van der Waals surface area contributed by atoms with Gasteiger partial charge in [-0.1, -0.05) is 23.4 Å². The first-order valence-corrected chi connectivity index (χ1v) is 8.95. The van der Waals surface area contributed by atoms with Gasteiger partial charge in [0.2, 0.25) is 0 Å². The maximum atomic E-state index is 14.5. The van der Waals surface area contributed by atoms with E-state index in [1.54, 1.807) is 19.1 Å². The molecular formula is C22H17F5N2O. The summed E-state index contributed by atoms with van der Waals surface area (Å²) in [4.78, 5) is 4.06. The summed E-state index contributed by atoms with van der Waals surface area (Å²) in [5, 5.41) is 12.8. The van der Waals surface area contributed by atoms with Crippen molar-refractivity contribution in [2.24, 2.45) is 5.16 Å². The van der Waals surface area contributed by atoms with Crippen LogP contribution in [-0.4, -0.2) is 15.9 Å². The minimum Gasteiger partial charge on any atom is -0.411 e. The SMILES string of the molecule is Cc1cc(C(CC(c2ccc(C(F)(F)F)cc2)c2ccc(F)cc2F)=NO)ccn1. The Morgan fingerprint density at radius 3 is 2.30 bits per heavy atom. The van der Waals surface area contributed by atoms with Gasteiger partial charge in [-0.2, -0.15) is 13.2 Å². The zero-order chi connectivity index (χ0) is 21.9. The Balaban J connectivity index is 2.05. The molecule has 1 N–H and O–H groups in total. The molecule has 0 radical (unpaired) electrons. The number of oxime groups is 1. The molecule has 3 rings (SSSR count). The van der Waals surface area contributed by atoms with E-state index in [0.29, 0.717) is 22.9 Å². The topological polar surface area (TPSA) is 45.5 Å². The number of alkyl halides is 3. The minimum absolute atomic E-state index is 0.0339. The van der Waals surface area contributed by atoms with Crippen LogP contribution >= 0.6 is 0 Å². The first-order chi connectivity index (χ1) is 14.2. The van der Waals surface area contributed by atoms with E-state index < -0.39 is 29.3 Å². The number of rotatable bonds is 5. The van der Waals surface area contributed by atoms with Gasteiger partial charge in [0.05, 0.1) is 11.3 Å². The standard InChI is InChI=1S/C22H17F5N2O/c1-13-10-15(8-9-28-13)21(29-30)12-19(18-7-6-17(23)11-20(18)24)14-2-4-16(5-3-14)22(25,26)27/h2-11,19,30H,12H2,1H3. The summed E-state index contributed by atoms with van der Waals surface area (Å²) in [5.74, 6) is -2.43. The van der Waals surface area contributed by atoms with Gasteiger partial charge in [0, 0.05) is 35.9 Å². The fourth-order valence-corrected chi connectivity index (χ4v) is 3.23. The van der Waals surface area contributed by atoms with E-state index in [2.05, 4.69) is 10.1 Å². The summed E-state index contributed by atoms with van der Waals surface area (Å²) >= 11 is 0. The number of hydrogen-bond acceptors (Lipinski definition) is 3. The lowest BCUT2D eigenvalue weighted by molar-refractivity contribution is -0.137. The highest BCUT2D eigenvalue weighted by Crippen LogP contribution is 2.35. The van der Waals surface area contributed by atoms with Gasteiger partial charge in [-0.3, -0.25) is 4.98 Å². The third-order valence-corrected chi connectivity index (χ3v) is 4.73. The minimum atomic E-state index is -4.51. The summed E-state index contributed by atoms with van der Waals surface area (Å²) < 4.78 is 66.7. The Bertz CT molecular complexity index is 1060. The molecule has 0 amide bonds. The maximum absolute atomic E-state index is 14.5. The average molecular weight is 420 g/mol. The largest absolute Gasteiger partial charge is 0.416 e. The molecule has 2 aromatic carbocycles. The van der Waals surface area contributed by atoms with E-state index in [9.17, 15) is 27.2 Å². The van der Waals surface area contributed by atoms with Crippen LogP contribution in [0.5, 0.6) is 0 Å². The van der Waals surface area contributed by atoms with Crippen LogP contribution in [0, 0.1) is 18.6 Å². The number of nitrogens with zero attached hydrogens (tertiary/aromatic N) is 2. The molecule has 0 saturated heterocycles. The van der Waals surface area contributed by atoms with Gasteiger partial charge in [0.15, 0.2) is 0 Å². The Morgan fingerprint density at radius 1 is 1.03 bits per heavy atom. The Hall–Kier alpha value is -3.29. The highest BCUT2D eigenvalue weighted by Gasteiger charge is 2.31. The Labute approximate surface area is 169 Å². The van der Waals surface area contributed by atoms with E-state index in [1.165, 1.54) is 24.4 Å². The average Bonchev–Trinajstić information content (AvgIpc) is 2.69. The van der Waals surface area contributed by atoms with Gasteiger partial charge in [-0.05, 0) is 48.4 Å². The lowest BCUT2D eigenvalue weighted by atomic mass is 9.85. The molecule has 156 valence electrons. The monoisotopic (exact) mass is 420 g/mol. The molecule has 0 aliphatic heterocycles. The molecule has 0 aliphatic rings. The summed E-state index contributed by atoms with van der Waals surface area (Å²) in [6, 6.07) is 10.6. The summed E-state index contributed by atoms with van der Waals surface area (Å²) in [6.45, 7) is 1.74. The molecule has 1 heterocycles. The second-order valence-corrected chi connectivity index (χ2v) is 6.77. The number of halogens is 5. The third-order valence-electron chi connectivity index (χ3n) is 4.73. The Morgan fingerprint density at radius 2 is 1.73 bits per heavy atom. The smallest absolute Gasteiger partial charge is 0.411 e. The molecule has 30 heavy (non-hydrogen) atoms. The molecule has 0 saturated carbocycles. The van der Waals surface area contributed by atoms with Crippen molar-refractivity contribution in [3.8, 4) is 0 Å². The third kappa shape index (κ3) is 4.82. The van der Waals surface area contributed by atoms with Crippen LogP contribution in [-0.2, 0) is 6.18 Å². The lowest BCUT2D eigenvalue weighted by Crippen LogP contribution is -2.13. The van der Waals surface area contributed by atoms with Crippen LogP contribution in [0.15, 0.2) is 65.9 Å². The molecule has 3 aromatic rings. The van der Waals surface area contributed by atoms with Gasteiger partial charge in [0.25, 0.3) is 0 Å².